The van der Waals surface area contributed by atoms with E-state index in [-0.39, 0.29) is 28.0 Å². The third-order valence-corrected chi connectivity index (χ3v) is 5.40. The van der Waals surface area contributed by atoms with E-state index in [9.17, 15) is 29.2 Å². The third-order valence-electron chi connectivity index (χ3n) is 5.40. The van der Waals surface area contributed by atoms with Gasteiger partial charge in [-0.2, -0.15) is 10.5 Å². The van der Waals surface area contributed by atoms with Crippen LogP contribution in [0.15, 0.2) is 59.8 Å². The summed E-state index contributed by atoms with van der Waals surface area (Å²) in [4.78, 5) is 17.7. The molecule has 3 aromatic rings. The Morgan fingerprint density at radius 3 is 2.29 bits per heavy atom. The fourth-order valence-electron chi connectivity index (χ4n) is 4.18. The Morgan fingerprint density at radius 1 is 0.903 bits per heavy atom. The zero-order chi connectivity index (χ0) is 21.9. The first kappa shape index (κ1) is 18.4. The molecular formula is C24H9F2N3O2. The second-order valence-electron chi connectivity index (χ2n) is 6.96. The molecule has 0 atom stereocenters. The molecule has 2 aromatic carbocycles. The van der Waals surface area contributed by atoms with Gasteiger partial charge in [0.05, 0.1) is 11.3 Å². The minimum absolute atomic E-state index is 0.0245. The molecule has 1 heterocycles. The van der Waals surface area contributed by atoms with E-state index in [1.807, 2.05) is 0 Å². The van der Waals surface area contributed by atoms with Crippen molar-refractivity contribution in [3.05, 3.63) is 93.7 Å². The van der Waals surface area contributed by atoms with Gasteiger partial charge in [0.1, 0.15) is 23.5 Å². The number of benzene rings is 2. The average Bonchev–Trinajstić information content (AvgIpc) is 3.23. The van der Waals surface area contributed by atoms with Crippen LogP contribution in [0.3, 0.4) is 0 Å². The Hall–Kier alpha value is -4.62. The fourth-order valence-corrected chi connectivity index (χ4v) is 4.18. The number of aromatic hydroxyl groups is 1. The van der Waals surface area contributed by atoms with E-state index in [1.54, 1.807) is 36.4 Å². The van der Waals surface area contributed by atoms with Gasteiger partial charge >= 0.3 is 0 Å². The van der Waals surface area contributed by atoms with Gasteiger partial charge in [-0.15, -0.1) is 0 Å². The maximum Gasteiger partial charge on any atom is 0.195 e. The molecule has 0 spiro atoms. The highest BCUT2D eigenvalue weighted by Crippen LogP contribution is 2.52. The second kappa shape index (κ2) is 6.45. The average molecular weight is 409 g/mol. The van der Waals surface area contributed by atoms with E-state index in [0.29, 0.717) is 28.0 Å². The molecule has 2 aliphatic carbocycles. The lowest BCUT2D eigenvalue weighted by atomic mass is 9.91. The van der Waals surface area contributed by atoms with Gasteiger partial charge in [0.2, 0.25) is 0 Å². The van der Waals surface area contributed by atoms with Gasteiger partial charge in [-0.3, -0.25) is 9.78 Å². The second-order valence-corrected chi connectivity index (χ2v) is 6.96. The number of ketones is 1. The molecule has 31 heavy (non-hydrogen) atoms. The Kier molecular flexibility index (Phi) is 3.83. The highest BCUT2D eigenvalue weighted by molar-refractivity contribution is 6.33. The van der Waals surface area contributed by atoms with Crippen LogP contribution in [-0.4, -0.2) is 15.9 Å². The van der Waals surface area contributed by atoms with E-state index in [4.69, 9.17) is 0 Å². The Balaban J connectivity index is 1.99. The van der Waals surface area contributed by atoms with Crippen LogP contribution in [-0.2, 0) is 0 Å². The summed E-state index contributed by atoms with van der Waals surface area (Å²) in [6.07, 6.45) is 1.53. The molecule has 0 aliphatic heterocycles. The van der Waals surface area contributed by atoms with E-state index < -0.39 is 23.0 Å². The normalized spacial score (nSPS) is 15.7. The maximum absolute atomic E-state index is 14.0. The van der Waals surface area contributed by atoms with Crippen molar-refractivity contribution < 1.29 is 18.7 Å². The summed E-state index contributed by atoms with van der Waals surface area (Å²) in [5, 5.41) is 29.5. The molecule has 146 valence electrons. The Bertz CT molecular complexity index is 1490. The summed E-state index contributed by atoms with van der Waals surface area (Å²) in [5.41, 5.74) is 1.48. The smallest absolute Gasteiger partial charge is 0.195 e. The van der Waals surface area contributed by atoms with Crippen molar-refractivity contribution >= 4 is 16.9 Å². The molecule has 7 heteroatoms. The van der Waals surface area contributed by atoms with E-state index in [1.165, 1.54) is 12.3 Å². The summed E-state index contributed by atoms with van der Waals surface area (Å²) in [7, 11) is 0. The SMILES string of the molecule is N#CC(C#N)=C1/C(=C2/c3cccnc3-c3c(O)cccc32)C(=O)c2cc(F)c(F)cc21. The predicted molar refractivity (Wildman–Crippen MR) is 106 cm³/mol. The molecule has 0 unspecified atom stereocenters. The van der Waals surface area contributed by atoms with Crippen LogP contribution in [0.2, 0.25) is 0 Å². The topological polar surface area (TPSA) is 97.8 Å². The molecule has 0 radical (unpaired) electrons. The number of phenols is 1. The number of halogens is 2. The lowest BCUT2D eigenvalue weighted by molar-refractivity contribution is 0.104. The zero-order valence-electron chi connectivity index (χ0n) is 15.6. The van der Waals surface area contributed by atoms with Crippen molar-refractivity contribution in [1.29, 1.82) is 10.5 Å². The summed E-state index contributed by atoms with van der Waals surface area (Å²) in [6.45, 7) is 0. The highest BCUT2D eigenvalue weighted by Gasteiger charge is 2.40. The molecule has 2 aliphatic rings. The van der Waals surface area contributed by atoms with Gasteiger partial charge in [0.25, 0.3) is 0 Å². The van der Waals surface area contributed by atoms with E-state index in [2.05, 4.69) is 4.98 Å². The van der Waals surface area contributed by atoms with Crippen LogP contribution in [0.4, 0.5) is 8.78 Å². The summed E-state index contributed by atoms with van der Waals surface area (Å²) in [5.74, 6) is -3.11. The maximum atomic E-state index is 14.0. The lowest BCUT2D eigenvalue weighted by Gasteiger charge is -2.09. The molecule has 0 bridgehead atoms. The first-order valence-electron chi connectivity index (χ1n) is 9.09. The number of hydrogen-bond acceptors (Lipinski definition) is 5. The molecule has 0 amide bonds. The van der Waals surface area contributed by atoms with Crippen molar-refractivity contribution in [1.82, 2.24) is 4.98 Å². The van der Waals surface area contributed by atoms with Crippen molar-refractivity contribution in [2.24, 2.45) is 0 Å². The number of allylic oxidation sites excluding steroid dienone is 3. The lowest BCUT2D eigenvalue weighted by Crippen LogP contribution is -2.01. The number of Topliss-reactive ketones (excluding diaryl/α,β-unsaturated/α-hetero) is 1. The molecule has 0 saturated carbocycles. The van der Waals surface area contributed by atoms with Crippen LogP contribution < -0.4 is 0 Å². The van der Waals surface area contributed by atoms with Gasteiger partial charge in [-0.1, -0.05) is 18.2 Å². The summed E-state index contributed by atoms with van der Waals surface area (Å²) >= 11 is 0. The number of rotatable bonds is 0. The number of carbonyl (C=O) groups excluding carboxylic acids is 1. The fraction of sp³-hybridized carbons (Fsp3) is 0. The minimum atomic E-state index is -1.21. The molecule has 1 N–H and O–H groups in total. The van der Waals surface area contributed by atoms with Crippen LogP contribution >= 0.6 is 0 Å². The number of carbonyl (C=O) groups is 1. The standard InChI is InChI=1S/C24H9F2N3O2/c25-16-7-14-15(8-17(16)26)24(31)22(19(14)11(9-27)10-28)20-12-3-1-5-18(30)21(12)23-13(20)4-2-6-29-23/h1-8,30H/b22-20-. The molecule has 5 nitrogen and oxygen atoms in total. The zero-order valence-corrected chi connectivity index (χ0v) is 15.6. The number of phenolic OH excluding ortho intramolecular Hbond substituents is 1. The van der Waals surface area contributed by atoms with Crippen LogP contribution in [0, 0.1) is 34.3 Å². The van der Waals surface area contributed by atoms with Crippen LogP contribution in [0.25, 0.3) is 22.4 Å². The van der Waals surface area contributed by atoms with Gasteiger partial charge in [0.15, 0.2) is 17.4 Å². The summed E-state index contributed by atoms with van der Waals surface area (Å²) in [6, 6.07) is 13.2. The predicted octanol–water partition coefficient (Wildman–Crippen LogP) is 4.54. The van der Waals surface area contributed by atoms with E-state index in [0.717, 1.165) is 12.1 Å². The molecule has 0 fully saturated rings. The number of aromatic nitrogens is 1. The van der Waals surface area contributed by atoms with Crippen molar-refractivity contribution in [3.63, 3.8) is 0 Å². The number of nitriles is 2. The molecule has 1 aromatic heterocycles. The largest absolute Gasteiger partial charge is 0.507 e. The Labute approximate surface area is 174 Å². The van der Waals surface area contributed by atoms with Crippen molar-refractivity contribution in [3.8, 4) is 29.1 Å². The minimum Gasteiger partial charge on any atom is -0.507 e. The van der Waals surface area contributed by atoms with Crippen LogP contribution in [0.5, 0.6) is 5.75 Å². The van der Waals surface area contributed by atoms with Crippen LogP contribution in [0.1, 0.15) is 27.0 Å². The number of pyridine rings is 1. The Morgan fingerprint density at radius 2 is 1.58 bits per heavy atom. The first-order chi connectivity index (χ1) is 15.0. The van der Waals surface area contributed by atoms with Crippen molar-refractivity contribution in [2.75, 3.05) is 0 Å². The van der Waals surface area contributed by atoms with Gasteiger partial charge in [-0.05, 0) is 35.4 Å². The molecule has 5 rings (SSSR count). The van der Waals surface area contributed by atoms with Crippen molar-refractivity contribution in [2.45, 2.75) is 0 Å². The highest BCUT2D eigenvalue weighted by atomic mass is 19.2. The van der Waals surface area contributed by atoms with Gasteiger partial charge in [-0.25, -0.2) is 8.78 Å². The summed E-state index contributed by atoms with van der Waals surface area (Å²) < 4.78 is 28.0. The monoisotopic (exact) mass is 409 g/mol. The first-order valence-corrected chi connectivity index (χ1v) is 9.09. The third kappa shape index (κ3) is 2.38. The number of fused-ring (bicyclic) bond motifs is 4. The van der Waals surface area contributed by atoms with E-state index >= 15 is 0 Å². The number of hydrogen-bond donors (Lipinski definition) is 1. The van der Waals surface area contributed by atoms with Gasteiger partial charge < -0.3 is 5.11 Å². The molecule has 0 saturated heterocycles. The molecular weight excluding hydrogens is 400 g/mol. The van der Waals surface area contributed by atoms with Gasteiger partial charge in [0, 0.05) is 34.0 Å². The quantitative estimate of drug-likeness (QED) is 0.340. The number of nitrogens with zero attached hydrogens (tertiary/aromatic N) is 3.